The number of amides is 1. The molecule has 4 nitrogen and oxygen atoms in total. The summed E-state index contributed by atoms with van der Waals surface area (Å²) in [5.41, 5.74) is 0.737. The molecule has 0 spiro atoms. The zero-order valence-electron chi connectivity index (χ0n) is 11.7. The van der Waals surface area contributed by atoms with E-state index in [4.69, 9.17) is 0 Å². The highest BCUT2D eigenvalue weighted by atomic mass is 32.2. The maximum Gasteiger partial charge on any atom is 0.285 e. The van der Waals surface area contributed by atoms with Crippen molar-refractivity contribution in [3.05, 3.63) is 59.7 Å². The third-order valence-corrected chi connectivity index (χ3v) is 3.85. The average Bonchev–Trinajstić information content (AvgIpc) is 2.47. The summed E-state index contributed by atoms with van der Waals surface area (Å²) < 4.78 is 0. The van der Waals surface area contributed by atoms with Gasteiger partial charge in [-0.15, -0.1) is 0 Å². The van der Waals surface area contributed by atoms with Gasteiger partial charge in [0.2, 0.25) is 0 Å². The molecule has 1 amide bonds. The van der Waals surface area contributed by atoms with Gasteiger partial charge in [0, 0.05) is 24.6 Å². The Bertz CT molecular complexity index is 668. The molecule has 1 N–H and O–H groups in total. The Balaban J connectivity index is 2.24. The molecule has 2 rings (SSSR count). The molecule has 0 aromatic heterocycles. The first kappa shape index (κ1) is 15.1. The maximum atomic E-state index is 12.3. The van der Waals surface area contributed by atoms with Crippen molar-refractivity contribution in [1.29, 1.82) is 0 Å². The number of rotatable bonds is 3. The van der Waals surface area contributed by atoms with Crippen molar-refractivity contribution in [2.45, 2.75) is 4.90 Å². The molecule has 0 aliphatic heterocycles. The predicted molar refractivity (Wildman–Crippen MR) is 82.9 cm³/mol. The van der Waals surface area contributed by atoms with Gasteiger partial charge >= 0.3 is 0 Å². The number of phenols is 1. The highest BCUT2D eigenvalue weighted by Crippen LogP contribution is 2.28. The summed E-state index contributed by atoms with van der Waals surface area (Å²) in [5.74, 6) is -0.371. The molecule has 108 valence electrons. The molecule has 0 aliphatic rings. The third-order valence-electron chi connectivity index (χ3n) is 2.82. The summed E-state index contributed by atoms with van der Waals surface area (Å²) in [7, 11) is 3.31. The van der Waals surface area contributed by atoms with E-state index in [0.29, 0.717) is 10.5 Å². The second kappa shape index (κ2) is 6.45. The molecule has 2 aromatic rings. The van der Waals surface area contributed by atoms with Crippen molar-refractivity contribution >= 4 is 22.8 Å². The molecule has 5 heteroatoms. The van der Waals surface area contributed by atoms with Gasteiger partial charge in [0.1, 0.15) is 5.75 Å². The smallest absolute Gasteiger partial charge is 0.285 e. The van der Waals surface area contributed by atoms with Crippen LogP contribution in [-0.2, 0) is 0 Å². The van der Waals surface area contributed by atoms with Gasteiger partial charge in [-0.25, -0.2) is 0 Å². The molecule has 0 saturated heterocycles. The molecule has 0 fully saturated rings. The van der Waals surface area contributed by atoms with E-state index < -0.39 is 0 Å². The summed E-state index contributed by atoms with van der Waals surface area (Å²) in [6, 6.07) is 13.4. The van der Waals surface area contributed by atoms with Crippen LogP contribution < -0.4 is 0 Å². The number of ketones is 1. The van der Waals surface area contributed by atoms with Gasteiger partial charge in [-0.2, -0.15) is 0 Å². The lowest BCUT2D eigenvalue weighted by atomic mass is 10.0. The van der Waals surface area contributed by atoms with Crippen LogP contribution in [0.4, 0.5) is 4.79 Å². The first-order valence-corrected chi connectivity index (χ1v) is 7.12. The van der Waals surface area contributed by atoms with Crippen molar-refractivity contribution in [2.24, 2.45) is 0 Å². The van der Waals surface area contributed by atoms with Gasteiger partial charge in [-0.05, 0) is 30.0 Å². The van der Waals surface area contributed by atoms with Crippen LogP contribution in [0.1, 0.15) is 15.9 Å². The predicted octanol–water partition coefficient (Wildman–Crippen LogP) is 3.40. The summed E-state index contributed by atoms with van der Waals surface area (Å²) in [5, 5.41) is 9.87. The molecule has 0 saturated carbocycles. The minimum atomic E-state index is -0.247. The monoisotopic (exact) mass is 301 g/mol. The number of thioether (sulfide) groups is 1. The van der Waals surface area contributed by atoms with Crippen LogP contribution in [0, 0.1) is 0 Å². The van der Waals surface area contributed by atoms with E-state index in [0.717, 1.165) is 11.8 Å². The number of carbonyl (C=O) groups is 2. The molecule has 2 aromatic carbocycles. The number of benzene rings is 2. The fourth-order valence-electron chi connectivity index (χ4n) is 1.70. The summed E-state index contributed by atoms with van der Waals surface area (Å²) in [4.78, 5) is 25.9. The molecule has 21 heavy (non-hydrogen) atoms. The minimum absolute atomic E-state index is 0.125. The number of hydrogen-bond acceptors (Lipinski definition) is 4. The van der Waals surface area contributed by atoms with E-state index in [2.05, 4.69) is 0 Å². The molecule has 0 radical (unpaired) electrons. The van der Waals surface area contributed by atoms with Crippen LogP contribution >= 0.6 is 11.8 Å². The zero-order chi connectivity index (χ0) is 15.4. The highest BCUT2D eigenvalue weighted by molar-refractivity contribution is 8.13. The van der Waals surface area contributed by atoms with Crippen LogP contribution in [0.25, 0.3) is 0 Å². The number of hydrogen-bond donors (Lipinski definition) is 1. The van der Waals surface area contributed by atoms with E-state index in [9.17, 15) is 14.7 Å². The van der Waals surface area contributed by atoms with Crippen molar-refractivity contribution in [1.82, 2.24) is 4.90 Å². The number of aromatic hydroxyl groups is 1. The van der Waals surface area contributed by atoms with Crippen molar-refractivity contribution in [3.8, 4) is 5.75 Å². The Morgan fingerprint density at radius 3 is 2.29 bits per heavy atom. The second-order valence-corrected chi connectivity index (χ2v) is 5.66. The van der Waals surface area contributed by atoms with E-state index in [1.54, 1.807) is 44.4 Å². The second-order valence-electron chi connectivity index (χ2n) is 4.64. The summed E-state index contributed by atoms with van der Waals surface area (Å²) >= 11 is 0.998. The zero-order valence-corrected chi connectivity index (χ0v) is 12.6. The standard InChI is InChI=1S/C16H15NO3S/c1-17(2)16(20)21-12-8-9-13(14(18)10-12)15(19)11-6-4-3-5-7-11/h3-10,18H,1-2H3. The van der Waals surface area contributed by atoms with Crippen molar-refractivity contribution in [2.75, 3.05) is 14.1 Å². The first-order valence-electron chi connectivity index (χ1n) is 6.31. The van der Waals surface area contributed by atoms with Gasteiger partial charge < -0.3 is 10.0 Å². The minimum Gasteiger partial charge on any atom is -0.507 e. The Morgan fingerprint density at radius 1 is 1.05 bits per heavy atom. The van der Waals surface area contributed by atoms with Gasteiger partial charge in [0.05, 0.1) is 5.56 Å². The molecule has 0 atom stereocenters. The number of phenolic OH excluding ortho intramolecular Hbond substituents is 1. The van der Waals surface area contributed by atoms with Crippen molar-refractivity contribution < 1.29 is 14.7 Å². The Hall–Kier alpha value is -2.27. The Kier molecular flexibility index (Phi) is 4.65. The number of carbonyl (C=O) groups excluding carboxylic acids is 2. The van der Waals surface area contributed by atoms with Gasteiger partial charge in [0.15, 0.2) is 5.78 Å². The molecule has 0 heterocycles. The lowest BCUT2D eigenvalue weighted by molar-refractivity contribution is 0.103. The normalized spacial score (nSPS) is 10.2. The molecular weight excluding hydrogens is 286 g/mol. The largest absolute Gasteiger partial charge is 0.507 e. The lowest BCUT2D eigenvalue weighted by Gasteiger charge is -2.10. The van der Waals surface area contributed by atoms with Crippen LogP contribution in [-0.4, -0.2) is 35.1 Å². The van der Waals surface area contributed by atoms with Crippen LogP contribution in [0.3, 0.4) is 0 Å². The Labute approximate surface area is 127 Å². The summed E-state index contributed by atoms with van der Waals surface area (Å²) in [6.07, 6.45) is 0. The highest BCUT2D eigenvalue weighted by Gasteiger charge is 2.15. The fraction of sp³-hybridized carbons (Fsp3) is 0.125. The molecular formula is C16H15NO3S. The fourth-order valence-corrected chi connectivity index (χ4v) is 2.39. The van der Waals surface area contributed by atoms with E-state index in [-0.39, 0.29) is 22.3 Å². The van der Waals surface area contributed by atoms with Gasteiger partial charge in [-0.1, -0.05) is 30.3 Å². The topological polar surface area (TPSA) is 57.6 Å². The summed E-state index contributed by atoms with van der Waals surface area (Å²) in [6.45, 7) is 0. The van der Waals surface area contributed by atoms with E-state index >= 15 is 0 Å². The molecule has 0 aliphatic carbocycles. The van der Waals surface area contributed by atoms with Gasteiger partial charge in [-0.3, -0.25) is 9.59 Å². The SMILES string of the molecule is CN(C)C(=O)Sc1ccc(C(=O)c2ccccc2)c(O)c1. The van der Waals surface area contributed by atoms with Crippen LogP contribution in [0.2, 0.25) is 0 Å². The first-order chi connectivity index (χ1) is 9.99. The molecule has 0 unspecified atom stereocenters. The van der Waals surface area contributed by atoms with Crippen LogP contribution in [0.5, 0.6) is 5.75 Å². The quantitative estimate of drug-likeness (QED) is 0.697. The average molecular weight is 301 g/mol. The maximum absolute atomic E-state index is 12.3. The number of nitrogens with zero attached hydrogens (tertiary/aromatic N) is 1. The lowest BCUT2D eigenvalue weighted by Crippen LogP contribution is -2.16. The van der Waals surface area contributed by atoms with E-state index in [1.165, 1.54) is 17.0 Å². The Morgan fingerprint density at radius 2 is 1.71 bits per heavy atom. The molecule has 0 bridgehead atoms. The van der Waals surface area contributed by atoms with Crippen LogP contribution in [0.15, 0.2) is 53.4 Å². The van der Waals surface area contributed by atoms with E-state index in [1.807, 2.05) is 6.07 Å². The van der Waals surface area contributed by atoms with Gasteiger partial charge in [0.25, 0.3) is 5.24 Å². The third kappa shape index (κ3) is 3.64. The van der Waals surface area contributed by atoms with Crippen molar-refractivity contribution in [3.63, 3.8) is 0 Å².